The number of halogens is 1. The zero-order valence-corrected chi connectivity index (χ0v) is 10.4. The Morgan fingerprint density at radius 1 is 1.56 bits per heavy atom. The maximum absolute atomic E-state index is 13.4. The van der Waals surface area contributed by atoms with Gasteiger partial charge in [-0.25, -0.2) is 14.2 Å². The average Bonchev–Trinajstić information content (AvgIpc) is 2.72. The van der Waals surface area contributed by atoms with Gasteiger partial charge in [0.2, 0.25) is 0 Å². The first kappa shape index (κ1) is 12.5. The van der Waals surface area contributed by atoms with E-state index in [9.17, 15) is 9.18 Å². The van der Waals surface area contributed by atoms with Crippen LogP contribution in [0.2, 0.25) is 0 Å². The van der Waals surface area contributed by atoms with Crippen molar-refractivity contribution >= 4 is 23.0 Å². The second-order valence-electron chi connectivity index (χ2n) is 3.74. The van der Waals surface area contributed by atoms with Crippen LogP contribution in [-0.4, -0.2) is 16.1 Å². The Bertz CT molecular complexity index is 583. The molecule has 0 bridgehead atoms. The SMILES string of the molecule is Cc1csc(CNc2ccc(C(=O)O)c(F)c2)n1. The number of thiazole rings is 1. The lowest BCUT2D eigenvalue weighted by atomic mass is 10.2. The summed E-state index contributed by atoms with van der Waals surface area (Å²) < 4.78 is 13.4. The summed E-state index contributed by atoms with van der Waals surface area (Å²) in [6, 6.07) is 3.95. The lowest BCUT2D eigenvalue weighted by Crippen LogP contribution is -2.03. The van der Waals surface area contributed by atoms with Gasteiger partial charge in [0.1, 0.15) is 10.8 Å². The summed E-state index contributed by atoms with van der Waals surface area (Å²) in [5, 5.41) is 14.5. The zero-order chi connectivity index (χ0) is 13.1. The second-order valence-corrected chi connectivity index (χ2v) is 4.68. The number of carboxylic acid groups (broad SMARTS) is 1. The third-order valence-corrected chi connectivity index (χ3v) is 3.28. The molecule has 0 fully saturated rings. The lowest BCUT2D eigenvalue weighted by Gasteiger charge is -2.05. The van der Waals surface area contributed by atoms with E-state index < -0.39 is 11.8 Å². The highest BCUT2D eigenvalue weighted by Crippen LogP contribution is 2.16. The van der Waals surface area contributed by atoms with E-state index in [1.807, 2.05) is 12.3 Å². The Hall–Kier alpha value is -1.95. The molecule has 6 heteroatoms. The smallest absolute Gasteiger partial charge is 0.338 e. The van der Waals surface area contributed by atoms with Crippen LogP contribution in [0, 0.1) is 12.7 Å². The molecule has 1 aromatic heterocycles. The fraction of sp³-hybridized carbons (Fsp3) is 0.167. The Morgan fingerprint density at radius 2 is 2.33 bits per heavy atom. The van der Waals surface area contributed by atoms with Crippen molar-refractivity contribution < 1.29 is 14.3 Å². The molecule has 0 amide bonds. The van der Waals surface area contributed by atoms with Crippen LogP contribution in [0.5, 0.6) is 0 Å². The standard InChI is InChI=1S/C12H11FN2O2S/c1-7-6-18-11(15-7)5-14-8-2-3-9(12(16)17)10(13)4-8/h2-4,6,14H,5H2,1H3,(H,16,17). The normalized spacial score (nSPS) is 10.3. The number of aromatic carboxylic acids is 1. The van der Waals surface area contributed by atoms with E-state index >= 15 is 0 Å². The Morgan fingerprint density at radius 3 is 2.89 bits per heavy atom. The van der Waals surface area contributed by atoms with Crippen molar-refractivity contribution in [1.29, 1.82) is 0 Å². The van der Waals surface area contributed by atoms with Crippen molar-refractivity contribution in [2.75, 3.05) is 5.32 Å². The molecule has 94 valence electrons. The van der Waals surface area contributed by atoms with Gasteiger partial charge in [-0.15, -0.1) is 11.3 Å². The van der Waals surface area contributed by atoms with Gasteiger partial charge in [-0.3, -0.25) is 0 Å². The van der Waals surface area contributed by atoms with Gasteiger partial charge in [-0.05, 0) is 25.1 Å². The fourth-order valence-electron chi connectivity index (χ4n) is 1.46. The van der Waals surface area contributed by atoms with Gasteiger partial charge in [0, 0.05) is 16.8 Å². The first-order chi connectivity index (χ1) is 8.56. The van der Waals surface area contributed by atoms with Gasteiger partial charge in [0.15, 0.2) is 0 Å². The summed E-state index contributed by atoms with van der Waals surface area (Å²) >= 11 is 1.52. The van der Waals surface area contributed by atoms with Gasteiger partial charge < -0.3 is 10.4 Å². The van der Waals surface area contributed by atoms with Crippen molar-refractivity contribution in [3.05, 3.63) is 45.7 Å². The van der Waals surface area contributed by atoms with Crippen LogP contribution < -0.4 is 5.32 Å². The average molecular weight is 266 g/mol. The number of rotatable bonds is 4. The Balaban J connectivity index is 2.06. The molecule has 0 spiro atoms. The third kappa shape index (κ3) is 2.84. The number of hydrogen-bond donors (Lipinski definition) is 2. The van der Waals surface area contributed by atoms with Crippen molar-refractivity contribution in [3.8, 4) is 0 Å². The van der Waals surface area contributed by atoms with Crippen LogP contribution in [0.15, 0.2) is 23.6 Å². The van der Waals surface area contributed by atoms with E-state index in [1.165, 1.54) is 29.5 Å². The lowest BCUT2D eigenvalue weighted by molar-refractivity contribution is 0.0692. The van der Waals surface area contributed by atoms with E-state index in [0.717, 1.165) is 10.7 Å². The highest BCUT2D eigenvalue weighted by Gasteiger charge is 2.10. The van der Waals surface area contributed by atoms with E-state index in [1.54, 1.807) is 0 Å². The molecule has 0 radical (unpaired) electrons. The van der Waals surface area contributed by atoms with Crippen molar-refractivity contribution in [2.24, 2.45) is 0 Å². The first-order valence-corrected chi connectivity index (χ1v) is 6.12. The minimum absolute atomic E-state index is 0.328. The van der Waals surface area contributed by atoms with Gasteiger partial charge >= 0.3 is 5.97 Å². The quantitative estimate of drug-likeness (QED) is 0.893. The number of benzene rings is 1. The molecule has 1 aromatic carbocycles. The molecule has 2 rings (SSSR count). The predicted molar refractivity (Wildman–Crippen MR) is 67.5 cm³/mol. The number of aryl methyl sites for hydroxylation is 1. The van der Waals surface area contributed by atoms with Gasteiger partial charge in [0.25, 0.3) is 0 Å². The minimum Gasteiger partial charge on any atom is -0.478 e. The van der Waals surface area contributed by atoms with E-state index in [-0.39, 0.29) is 5.56 Å². The molecule has 0 unspecified atom stereocenters. The molecule has 4 nitrogen and oxygen atoms in total. The van der Waals surface area contributed by atoms with Crippen molar-refractivity contribution in [3.63, 3.8) is 0 Å². The number of carbonyl (C=O) groups is 1. The van der Waals surface area contributed by atoms with Crippen molar-refractivity contribution in [2.45, 2.75) is 13.5 Å². The molecule has 1 heterocycles. The van der Waals surface area contributed by atoms with Crippen LogP contribution in [0.25, 0.3) is 0 Å². The van der Waals surface area contributed by atoms with Gasteiger partial charge in [0.05, 0.1) is 12.1 Å². The Kier molecular flexibility index (Phi) is 3.57. The number of nitrogens with one attached hydrogen (secondary N) is 1. The summed E-state index contributed by atoms with van der Waals surface area (Å²) in [7, 11) is 0. The molecule has 0 aliphatic rings. The predicted octanol–water partition coefficient (Wildman–Crippen LogP) is 2.90. The van der Waals surface area contributed by atoms with Crippen LogP contribution in [0.4, 0.5) is 10.1 Å². The first-order valence-electron chi connectivity index (χ1n) is 5.24. The highest BCUT2D eigenvalue weighted by atomic mass is 32.1. The van der Waals surface area contributed by atoms with Gasteiger partial charge in [-0.1, -0.05) is 0 Å². The summed E-state index contributed by atoms with van der Waals surface area (Å²) in [5.74, 6) is -2.02. The minimum atomic E-state index is -1.27. The summed E-state index contributed by atoms with van der Waals surface area (Å²) in [6.07, 6.45) is 0. The summed E-state index contributed by atoms with van der Waals surface area (Å²) in [5.41, 5.74) is 1.15. The van der Waals surface area contributed by atoms with Crippen LogP contribution in [-0.2, 0) is 6.54 Å². The zero-order valence-electron chi connectivity index (χ0n) is 9.61. The number of carboxylic acids is 1. The molecule has 0 atom stereocenters. The molecule has 2 aromatic rings. The van der Waals surface area contributed by atoms with E-state index in [4.69, 9.17) is 5.11 Å². The molecule has 18 heavy (non-hydrogen) atoms. The van der Waals surface area contributed by atoms with Crippen LogP contribution in [0.3, 0.4) is 0 Å². The molecule has 0 aliphatic carbocycles. The summed E-state index contributed by atoms with van der Waals surface area (Å²) in [4.78, 5) is 14.9. The highest BCUT2D eigenvalue weighted by molar-refractivity contribution is 7.09. The molecular formula is C12H11FN2O2S. The molecule has 0 aliphatic heterocycles. The van der Waals surface area contributed by atoms with E-state index in [2.05, 4.69) is 10.3 Å². The topological polar surface area (TPSA) is 62.2 Å². The second kappa shape index (κ2) is 5.14. The Labute approximate surface area is 107 Å². The number of anilines is 1. The number of hydrogen-bond acceptors (Lipinski definition) is 4. The summed E-state index contributed by atoms with van der Waals surface area (Å²) in [6.45, 7) is 2.39. The third-order valence-electron chi connectivity index (χ3n) is 2.31. The maximum atomic E-state index is 13.4. The van der Waals surface area contributed by atoms with E-state index in [0.29, 0.717) is 12.2 Å². The molecular weight excluding hydrogens is 255 g/mol. The molecule has 0 saturated carbocycles. The number of nitrogens with zero attached hydrogens (tertiary/aromatic N) is 1. The maximum Gasteiger partial charge on any atom is 0.338 e. The number of aromatic nitrogens is 1. The molecule has 0 saturated heterocycles. The van der Waals surface area contributed by atoms with Crippen LogP contribution >= 0.6 is 11.3 Å². The monoisotopic (exact) mass is 266 g/mol. The molecule has 2 N–H and O–H groups in total. The largest absolute Gasteiger partial charge is 0.478 e. The van der Waals surface area contributed by atoms with Gasteiger partial charge in [-0.2, -0.15) is 0 Å². The van der Waals surface area contributed by atoms with Crippen LogP contribution in [0.1, 0.15) is 21.1 Å². The fourth-order valence-corrected chi connectivity index (χ4v) is 2.17. The van der Waals surface area contributed by atoms with Crippen molar-refractivity contribution in [1.82, 2.24) is 4.98 Å².